The Hall–Kier alpha value is -1.25. The molecule has 1 aromatic rings. The van der Waals surface area contributed by atoms with Crippen molar-refractivity contribution < 1.29 is 0 Å². The van der Waals surface area contributed by atoms with Crippen molar-refractivity contribution in [2.45, 2.75) is 45.6 Å². The van der Waals surface area contributed by atoms with Crippen molar-refractivity contribution >= 4 is 11.5 Å². The van der Waals surface area contributed by atoms with E-state index in [0.29, 0.717) is 6.04 Å². The molecule has 3 N–H and O–H groups in total. The van der Waals surface area contributed by atoms with Crippen LogP contribution in [0.5, 0.6) is 0 Å². The molecule has 1 aliphatic rings. The molecular weight excluding hydrogens is 198 g/mol. The number of hydrogen-bond donors (Lipinski definition) is 2. The minimum atomic E-state index is 0.518. The fourth-order valence-electron chi connectivity index (χ4n) is 1.96. The monoisotopic (exact) mass is 219 g/mol. The molecule has 0 amide bonds. The number of aromatic nitrogens is 1. The average molecular weight is 219 g/mol. The van der Waals surface area contributed by atoms with E-state index in [1.807, 2.05) is 19.1 Å². The maximum Gasteiger partial charge on any atom is 0.149 e. The van der Waals surface area contributed by atoms with E-state index in [1.54, 1.807) is 0 Å². The molecule has 0 bridgehead atoms. The highest BCUT2D eigenvalue weighted by molar-refractivity contribution is 5.61. The maximum atomic E-state index is 5.91. The van der Waals surface area contributed by atoms with Gasteiger partial charge in [0.05, 0.1) is 5.69 Å². The quantitative estimate of drug-likeness (QED) is 0.800. The van der Waals surface area contributed by atoms with Gasteiger partial charge in [0, 0.05) is 11.7 Å². The molecule has 1 aromatic heterocycles. The molecule has 1 aliphatic carbocycles. The van der Waals surface area contributed by atoms with Crippen molar-refractivity contribution in [2.24, 2.45) is 5.92 Å². The van der Waals surface area contributed by atoms with Crippen LogP contribution in [0, 0.1) is 12.8 Å². The van der Waals surface area contributed by atoms with Crippen LogP contribution < -0.4 is 11.1 Å². The van der Waals surface area contributed by atoms with Crippen molar-refractivity contribution in [3.63, 3.8) is 0 Å². The van der Waals surface area contributed by atoms with Gasteiger partial charge in [0.15, 0.2) is 0 Å². The molecule has 2 rings (SSSR count). The number of aryl methyl sites for hydroxylation is 1. The molecule has 16 heavy (non-hydrogen) atoms. The minimum absolute atomic E-state index is 0.518. The molecule has 0 radical (unpaired) electrons. The molecule has 1 atom stereocenters. The molecule has 0 spiro atoms. The first-order chi connectivity index (χ1) is 7.69. The van der Waals surface area contributed by atoms with E-state index in [4.69, 9.17) is 5.73 Å². The van der Waals surface area contributed by atoms with Gasteiger partial charge in [-0.3, -0.25) is 0 Å². The number of hydrogen-bond acceptors (Lipinski definition) is 3. The van der Waals surface area contributed by atoms with Gasteiger partial charge in [-0.25, -0.2) is 4.98 Å². The molecular formula is C13H21N3. The van der Waals surface area contributed by atoms with Gasteiger partial charge in [0.2, 0.25) is 0 Å². The first-order valence-electron chi connectivity index (χ1n) is 6.18. The smallest absolute Gasteiger partial charge is 0.149 e. The van der Waals surface area contributed by atoms with E-state index < -0.39 is 0 Å². The Morgan fingerprint density at radius 1 is 1.50 bits per heavy atom. The topological polar surface area (TPSA) is 50.9 Å². The lowest BCUT2D eigenvalue weighted by atomic mass is 10.1. The summed E-state index contributed by atoms with van der Waals surface area (Å²) in [6.07, 6.45) is 5.18. The third-order valence-corrected chi connectivity index (χ3v) is 3.21. The van der Waals surface area contributed by atoms with Gasteiger partial charge in [-0.1, -0.05) is 19.8 Å². The van der Waals surface area contributed by atoms with Crippen molar-refractivity contribution in [3.8, 4) is 0 Å². The van der Waals surface area contributed by atoms with Gasteiger partial charge >= 0.3 is 0 Å². The van der Waals surface area contributed by atoms with Crippen molar-refractivity contribution in [1.29, 1.82) is 0 Å². The van der Waals surface area contributed by atoms with Crippen LogP contribution in [0.4, 0.5) is 11.5 Å². The molecule has 3 heteroatoms. The third kappa shape index (κ3) is 2.87. The summed E-state index contributed by atoms with van der Waals surface area (Å²) in [6, 6.07) is 4.39. The first kappa shape index (κ1) is 11.2. The predicted octanol–water partition coefficient (Wildman–Crippen LogP) is 2.96. The maximum absolute atomic E-state index is 5.91. The van der Waals surface area contributed by atoms with Gasteiger partial charge in [-0.2, -0.15) is 0 Å². The highest BCUT2D eigenvalue weighted by Crippen LogP contribution is 2.35. The SMILES string of the molecule is CCC(CC1CC1)Nc1nc(C)ccc1N. The highest BCUT2D eigenvalue weighted by atomic mass is 15.0. The highest BCUT2D eigenvalue weighted by Gasteiger charge is 2.25. The van der Waals surface area contributed by atoms with Crippen LogP contribution in [-0.4, -0.2) is 11.0 Å². The fraction of sp³-hybridized carbons (Fsp3) is 0.615. The van der Waals surface area contributed by atoms with E-state index in [-0.39, 0.29) is 0 Å². The average Bonchev–Trinajstić information content (AvgIpc) is 3.06. The zero-order chi connectivity index (χ0) is 11.5. The summed E-state index contributed by atoms with van der Waals surface area (Å²) in [5, 5.41) is 3.47. The van der Waals surface area contributed by atoms with Crippen LogP contribution in [0.1, 0.15) is 38.3 Å². The van der Waals surface area contributed by atoms with E-state index in [1.165, 1.54) is 19.3 Å². The summed E-state index contributed by atoms with van der Waals surface area (Å²) >= 11 is 0. The molecule has 0 saturated heterocycles. The van der Waals surface area contributed by atoms with Crippen LogP contribution in [0.3, 0.4) is 0 Å². The second-order valence-electron chi connectivity index (χ2n) is 4.82. The molecule has 1 saturated carbocycles. The van der Waals surface area contributed by atoms with Gasteiger partial charge in [0.1, 0.15) is 5.82 Å². The van der Waals surface area contributed by atoms with E-state index in [2.05, 4.69) is 17.2 Å². The lowest BCUT2D eigenvalue weighted by Gasteiger charge is -2.18. The number of nitrogens with zero attached hydrogens (tertiary/aromatic N) is 1. The van der Waals surface area contributed by atoms with Crippen LogP contribution in [0.15, 0.2) is 12.1 Å². The number of nitrogen functional groups attached to an aromatic ring is 1. The molecule has 0 aliphatic heterocycles. The van der Waals surface area contributed by atoms with Gasteiger partial charge in [0.25, 0.3) is 0 Å². The summed E-state index contributed by atoms with van der Waals surface area (Å²) in [5.41, 5.74) is 7.68. The molecule has 0 aromatic carbocycles. The van der Waals surface area contributed by atoms with Crippen molar-refractivity contribution in [3.05, 3.63) is 17.8 Å². The number of pyridine rings is 1. The molecule has 88 valence electrons. The Labute approximate surface area is 97.5 Å². The number of anilines is 2. The summed E-state index contributed by atoms with van der Waals surface area (Å²) in [4.78, 5) is 4.45. The Balaban J connectivity index is 2.01. The van der Waals surface area contributed by atoms with Crippen LogP contribution >= 0.6 is 0 Å². The van der Waals surface area contributed by atoms with Gasteiger partial charge in [-0.15, -0.1) is 0 Å². The minimum Gasteiger partial charge on any atom is -0.396 e. The molecule has 1 unspecified atom stereocenters. The third-order valence-electron chi connectivity index (χ3n) is 3.21. The van der Waals surface area contributed by atoms with E-state index >= 15 is 0 Å². The molecule has 1 fully saturated rings. The zero-order valence-corrected chi connectivity index (χ0v) is 10.2. The Kier molecular flexibility index (Phi) is 3.32. The fourth-order valence-corrected chi connectivity index (χ4v) is 1.96. The van der Waals surface area contributed by atoms with Crippen LogP contribution in [0.2, 0.25) is 0 Å². The second-order valence-corrected chi connectivity index (χ2v) is 4.82. The van der Waals surface area contributed by atoms with Crippen molar-refractivity contribution in [2.75, 3.05) is 11.1 Å². The normalized spacial score (nSPS) is 17.1. The number of nitrogens with one attached hydrogen (secondary N) is 1. The summed E-state index contributed by atoms with van der Waals surface area (Å²) in [5.74, 6) is 1.79. The summed E-state index contributed by atoms with van der Waals surface area (Å²) in [6.45, 7) is 4.21. The number of rotatable bonds is 5. The zero-order valence-electron chi connectivity index (χ0n) is 10.2. The van der Waals surface area contributed by atoms with Crippen LogP contribution in [-0.2, 0) is 0 Å². The van der Waals surface area contributed by atoms with Gasteiger partial charge in [-0.05, 0) is 37.8 Å². The predicted molar refractivity (Wildman–Crippen MR) is 68.4 cm³/mol. The summed E-state index contributed by atoms with van der Waals surface area (Å²) < 4.78 is 0. The Morgan fingerprint density at radius 3 is 2.88 bits per heavy atom. The first-order valence-corrected chi connectivity index (χ1v) is 6.18. The lowest BCUT2D eigenvalue weighted by molar-refractivity contribution is 0.585. The molecule has 3 nitrogen and oxygen atoms in total. The van der Waals surface area contributed by atoms with Crippen molar-refractivity contribution in [1.82, 2.24) is 4.98 Å². The largest absolute Gasteiger partial charge is 0.396 e. The number of nitrogens with two attached hydrogens (primary N) is 1. The Morgan fingerprint density at radius 2 is 2.25 bits per heavy atom. The molecule has 1 heterocycles. The summed E-state index contributed by atoms with van der Waals surface area (Å²) in [7, 11) is 0. The van der Waals surface area contributed by atoms with E-state index in [9.17, 15) is 0 Å². The Bertz CT molecular complexity index is 358. The lowest BCUT2D eigenvalue weighted by Crippen LogP contribution is -2.20. The standard InChI is InChI=1S/C13H21N3/c1-3-11(8-10-5-6-10)16-13-12(14)7-4-9(2)15-13/h4,7,10-11H,3,5-6,8,14H2,1-2H3,(H,15,16). The van der Waals surface area contributed by atoms with Crippen LogP contribution in [0.25, 0.3) is 0 Å². The van der Waals surface area contributed by atoms with E-state index in [0.717, 1.165) is 29.5 Å². The second kappa shape index (κ2) is 4.73. The van der Waals surface area contributed by atoms with Gasteiger partial charge < -0.3 is 11.1 Å².